The number of carbonyl (C=O) groups excluding carboxylic acids is 1. The van der Waals surface area contributed by atoms with Gasteiger partial charge >= 0.3 is 0 Å². The van der Waals surface area contributed by atoms with E-state index in [0.29, 0.717) is 11.4 Å². The average Bonchev–Trinajstić information content (AvgIpc) is 2.27. The second-order valence-electron chi connectivity index (χ2n) is 5.20. The van der Waals surface area contributed by atoms with Crippen LogP contribution in [0.3, 0.4) is 0 Å². The lowest BCUT2D eigenvalue weighted by Gasteiger charge is -2.37. The van der Waals surface area contributed by atoms with Gasteiger partial charge in [0.1, 0.15) is 0 Å². The minimum Gasteiger partial charge on any atom is -0.349 e. The van der Waals surface area contributed by atoms with Crippen LogP contribution in [0.2, 0.25) is 5.02 Å². The van der Waals surface area contributed by atoms with E-state index in [1.54, 1.807) is 0 Å². The predicted octanol–water partition coefficient (Wildman–Crippen LogP) is 2.79. The second-order valence-corrected chi connectivity index (χ2v) is 5.61. The molecule has 3 N–H and O–H groups in total. The van der Waals surface area contributed by atoms with Gasteiger partial charge < -0.3 is 11.1 Å². The first-order chi connectivity index (χ1) is 8.50. The molecule has 1 amide bonds. The van der Waals surface area contributed by atoms with Crippen LogP contribution in [-0.4, -0.2) is 11.4 Å². The molecule has 2 rings (SSSR count). The highest BCUT2D eigenvalue weighted by Gasteiger charge is 2.34. The molecule has 0 radical (unpaired) electrons. The van der Waals surface area contributed by atoms with Crippen molar-refractivity contribution in [3.63, 3.8) is 0 Å². The minimum atomic E-state index is -0.274. The van der Waals surface area contributed by atoms with Gasteiger partial charge in [0.15, 0.2) is 0 Å². The zero-order valence-corrected chi connectivity index (χ0v) is 11.3. The van der Waals surface area contributed by atoms with Crippen molar-refractivity contribution in [2.45, 2.75) is 44.2 Å². The molecule has 0 spiro atoms. The van der Waals surface area contributed by atoms with Crippen LogP contribution in [0.25, 0.3) is 0 Å². The van der Waals surface area contributed by atoms with Crippen molar-refractivity contribution in [1.29, 1.82) is 0 Å². The van der Waals surface area contributed by atoms with Gasteiger partial charge in [0.2, 0.25) is 5.91 Å². The van der Waals surface area contributed by atoms with Crippen LogP contribution in [0.5, 0.6) is 0 Å². The molecular formula is C14H19ClN2O. The number of nitrogens with two attached hydrogens (primary N) is 1. The Kier molecular flexibility index (Phi) is 3.93. The summed E-state index contributed by atoms with van der Waals surface area (Å²) in [5.74, 6) is 0.00428. The smallest absolute Gasteiger partial charge is 0.222 e. The van der Waals surface area contributed by atoms with Crippen LogP contribution < -0.4 is 11.1 Å². The fourth-order valence-electron chi connectivity index (χ4n) is 2.32. The van der Waals surface area contributed by atoms with Crippen LogP contribution in [0.4, 0.5) is 0 Å². The highest BCUT2D eigenvalue weighted by atomic mass is 35.5. The molecule has 1 aliphatic rings. The Labute approximate surface area is 113 Å². The number of carbonyl (C=O) groups is 1. The Morgan fingerprint density at radius 1 is 1.50 bits per heavy atom. The van der Waals surface area contributed by atoms with Gasteiger partial charge in [-0.15, -0.1) is 0 Å². The summed E-state index contributed by atoms with van der Waals surface area (Å²) in [6.07, 6.45) is 3.42. The predicted molar refractivity (Wildman–Crippen MR) is 73.4 cm³/mol. The minimum absolute atomic E-state index is 0.00428. The molecule has 0 heterocycles. The monoisotopic (exact) mass is 266 g/mol. The van der Waals surface area contributed by atoms with Gasteiger partial charge in [0.25, 0.3) is 0 Å². The maximum absolute atomic E-state index is 11.9. The third-order valence-corrected chi connectivity index (χ3v) is 3.96. The molecule has 0 bridgehead atoms. The molecule has 1 fully saturated rings. The van der Waals surface area contributed by atoms with E-state index >= 15 is 0 Å². The van der Waals surface area contributed by atoms with Crippen LogP contribution in [-0.2, 0) is 4.79 Å². The number of rotatable bonds is 4. The van der Waals surface area contributed by atoms with Crippen molar-refractivity contribution in [3.05, 3.63) is 34.9 Å². The molecule has 98 valence electrons. The Bertz CT molecular complexity index is 443. The molecule has 4 heteroatoms. The van der Waals surface area contributed by atoms with Crippen molar-refractivity contribution in [2.24, 2.45) is 5.73 Å². The maximum Gasteiger partial charge on any atom is 0.222 e. The van der Waals surface area contributed by atoms with Gasteiger partial charge in [0.05, 0.1) is 6.04 Å². The molecule has 0 aliphatic heterocycles. The zero-order chi connectivity index (χ0) is 13.2. The number of benzene rings is 1. The summed E-state index contributed by atoms with van der Waals surface area (Å²) >= 11 is 6.10. The van der Waals surface area contributed by atoms with Gasteiger partial charge in [-0.1, -0.05) is 29.8 Å². The van der Waals surface area contributed by atoms with E-state index < -0.39 is 0 Å². The normalized spacial score (nSPS) is 18.8. The summed E-state index contributed by atoms with van der Waals surface area (Å²) in [4.78, 5) is 11.9. The van der Waals surface area contributed by atoms with E-state index in [4.69, 9.17) is 17.3 Å². The van der Waals surface area contributed by atoms with Crippen LogP contribution in [0, 0.1) is 0 Å². The highest BCUT2D eigenvalue weighted by Crippen LogP contribution is 2.32. The second kappa shape index (κ2) is 5.29. The van der Waals surface area contributed by atoms with Gasteiger partial charge in [-0.2, -0.15) is 0 Å². The SMILES string of the molecule is C[C@@H](NC(=O)CC1(N)CCC1)c1ccccc1Cl. The lowest BCUT2D eigenvalue weighted by atomic mass is 9.75. The summed E-state index contributed by atoms with van der Waals surface area (Å²) in [6, 6.07) is 7.46. The van der Waals surface area contributed by atoms with Crippen LogP contribution in [0.1, 0.15) is 44.2 Å². The molecule has 18 heavy (non-hydrogen) atoms. The number of halogens is 1. The summed E-state index contributed by atoms with van der Waals surface area (Å²) < 4.78 is 0. The molecule has 1 aromatic rings. The standard InChI is InChI=1S/C14H19ClN2O/c1-10(11-5-2-3-6-12(11)15)17-13(18)9-14(16)7-4-8-14/h2-3,5-6,10H,4,7-9,16H2,1H3,(H,17,18)/t10-/m1/s1. The Morgan fingerprint density at radius 3 is 2.72 bits per heavy atom. The highest BCUT2D eigenvalue weighted by molar-refractivity contribution is 6.31. The Hall–Kier alpha value is -1.06. The van der Waals surface area contributed by atoms with E-state index in [-0.39, 0.29) is 17.5 Å². The maximum atomic E-state index is 11.9. The van der Waals surface area contributed by atoms with Crippen molar-refractivity contribution >= 4 is 17.5 Å². The first-order valence-electron chi connectivity index (χ1n) is 6.33. The average molecular weight is 267 g/mol. The summed E-state index contributed by atoms with van der Waals surface area (Å²) in [5.41, 5.74) is 6.72. The van der Waals surface area contributed by atoms with E-state index in [1.807, 2.05) is 31.2 Å². The lowest BCUT2D eigenvalue weighted by molar-refractivity contribution is -0.123. The summed E-state index contributed by atoms with van der Waals surface area (Å²) in [6.45, 7) is 1.93. The summed E-state index contributed by atoms with van der Waals surface area (Å²) in [5, 5.41) is 3.64. The van der Waals surface area contributed by atoms with Crippen molar-refractivity contribution in [1.82, 2.24) is 5.32 Å². The first-order valence-corrected chi connectivity index (χ1v) is 6.71. The molecule has 3 nitrogen and oxygen atoms in total. The first kappa shape index (κ1) is 13.4. The molecule has 0 unspecified atom stereocenters. The Morgan fingerprint density at radius 2 is 2.17 bits per heavy atom. The number of hydrogen-bond acceptors (Lipinski definition) is 2. The Balaban J connectivity index is 1.93. The largest absolute Gasteiger partial charge is 0.349 e. The van der Waals surface area contributed by atoms with E-state index in [1.165, 1.54) is 0 Å². The van der Waals surface area contributed by atoms with E-state index in [2.05, 4.69) is 5.32 Å². The van der Waals surface area contributed by atoms with Crippen molar-refractivity contribution in [3.8, 4) is 0 Å². The van der Waals surface area contributed by atoms with E-state index in [9.17, 15) is 4.79 Å². The third-order valence-electron chi connectivity index (χ3n) is 3.61. The quantitative estimate of drug-likeness (QED) is 0.880. The van der Waals surface area contributed by atoms with E-state index in [0.717, 1.165) is 24.8 Å². The van der Waals surface area contributed by atoms with Gasteiger partial charge in [-0.05, 0) is 37.8 Å². The number of amides is 1. The van der Waals surface area contributed by atoms with Crippen LogP contribution >= 0.6 is 11.6 Å². The molecular weight excluding hydrogens is 248 g/mol. The number of hydrogen-bond donors (Lipinski definition) is 2. The zero-order valence-electron chi connectivity index (χ0n) is 10.6. The van der Waals surface area contributed by atoms with Crippen LogP contribution in [0.15, 0.2) is 24.3 Å². The fourth-order valence-corrected chi connectivity index (χ4v) is 2.62. The molecule has 1 saturated carbocycles. The fraction of sp³-hybridized carbons (Fsp3) is 0.500. The molecule has 0 aromatic heterocycles. The van der Waals surface area contributed by atoms with Gasteiger partial charge in [-0.3, -0.25) is 4.79 Å². The van der Waals surface area contributed by atoms with Gasteiger partial charge in [-0.25, -0.2) is 0 Å². The number of nitrogens with one attached hydrogen (secondary N) is 1. The summed E-state index contributed by atoms with van der Waals surface area (Å²) in [7, 11) is 0. The lowest BCUT2D eigenvalue weighted by Crippen LogP contribution is -2.50. The van der Waals surface area contributed by atoms with Crippen molar-refractivity contribution < 1.29 is 4.79 Å². The van der Waals surface area contributed by atoms with Crippen molar-refractivity contribution in [2.75, 3.05) is 0 Å². The molecule has 0 saturated heterocycles. The third kappa shape index (κ3) is 3.03. The topological polar surface area (TPSA) is 55.1 Å². The molecule has 1 aromatic carbocycles. The molecule has 1 aliphatic carbocycles. The van der Waals surface area contributed by atoms with Gasteiger partial charge in [0, 0.05) is 17.0 Å². The molecule has 1 atom stereocenters.